The van der Waals surface area contributed by atoms with E-state index >= 15 is 0 Å². The van der Waals surface area contributed by atoms with Crippen LogP contribution in [0.25, 0.3) is 0 Å². The number of hydrogen-bond acceptors (Lipinski definition) is 3. The van der Waals surface area contributed by atoms with E-state index in [1.807, 2.05) is 32.9 Å². The van der Waals surface area contributed by atoms with Crippen LogP contribution < -0.4 is 0 Å². The van der Waals surface area contributed by atoms with Gasteiger partial charge in [0.2, 0.25) is 0 Å². The van der Waals surface area contributed by atoms with Crippen molar-refractivity contribution in [2.24, 2.45) is 0 Å². The van der Waals surface area contributed by atoms with Crippen molar-refractivity contribution >= 4 is 33.5 Å². The molecule has 0 N–H and O–H groups in total. The van der Waals surface area contributed by atoms with Crippen molar-refractivity contribution in [3.63, 3.8) is 0 Å². The topological polar surface area (TPSA) is 50.1 Å². The maximum Gasteiger partial charge on any atom is 0.306 e. The van der Waals surface area contributed by atoms with Crippen LogP contribution in [0.5, 0.6) is 0 Å². The molecule has 1 aromatic carbocycles. The van der Waals surface area contributed by atoms with Crippen molar-refractivity contribution in [2.45, 2.75) is 45.1 Å². The number of halogens is 2. The van der Waals surface area contributed by atoms with Gasteiger partial charge in [-0.25, -0.2) is 0 Å². The van der Waals surface area contributed by atoms with E-state index in [-0.39, 0.29) is 12.4 Å². The van der Waals surface area contributed by atoms with Gasteiger partial charge in [0, 0.05) is 10.9 Å². The van der Waals surface area contributed by atoms with Gasteiger partial charge >= 0.3 is 5.97 Å². The van der Waals surface area contributed by atoms with E-state index in [0.29, 0.717) is 11.4 Å². The molecule has 1 unspecified atom stereocenters. The first-order valence-electron chi connectivity index (χ1n) is 6.30. The Hall–Kier alpha value is -1.05. The molecular weight excluding hydrogens is 342 g/mol. The SMILES string of the molecule is CC(C)(C)OC(=O)CCC(C#N)c1cccc(Br)c1Cl. The zero-order valence-corrected chi connectivity index (χ0v) is 14.1. The van der Waals surface area contributed by atoms with E-state index in [0.717, 1.165) is 10.0 Å². The second kappa shape index (κ2) is 7.10. The molecule has 20 heavy (non-hydrogen) atoms. The van der Waals surface area contributed by atoms with Crippen LogP contribution in [0.1, 0.15) is 45.1 Å². The molecule has 5 heteroatoms. The summed E-state index contributed by atoms with van der Waals surface area (Å²) in [7, 11) is 0. The number of hydrogen-bond donors (Lipinski definition) is 0. The summed E-state index contributed by atoms with van der Waals surface area (Å²) < 4.78 is 5.98. The van der Waals surface area contributed by atoms with Gasteiger partial charge in [0.1, 0.15) is 5.60 Å². The van der Waals surface area contributed by atoms with Gasteiger partial charge in [-0.05, 0) is 54.8 Å². The molecule has 0 spiro atoms. The Morgan fingerprint density at radius 1 is 1.50 bits per heavy atom. The first-order chi connectivity index (χ1) is 9.24. The monoisotopic (exact) mass is 357 g/mol. The zero-order valence-electron chi connectivity index (χ0n) is 11.7. The van der Waals surface area contributed by atoms with Crippen LogP contribution >= 0.6 is 27.5 Å². The number of ether oxygens (including phenoxy) is 1. The lowest BCUT2D eigenvalue weighted by Gasteiger charge is -2.20. The quantitative estimate of drug-likeness (QED) is 0.724. The van der Waals surface area contributed by atoms with E-state index in [9.17, 15) is 10.1 Å². The standard InChI is InChI=1S/C15H17BrClNO2/c1-15(2,3)20-13(19)8-7-10(9-18)11-5-4-6-12(16)14(11)17/h4-6,10H,7-8H2,1-3H3. The van der Waals surface area contributed by atoms with E-state index in [1.54, 1.807) is 6.07 Å². The molecule has 0 aliphatic rings. The molecule has 0 amide bonds. The molecule has 0 saturated carbocycles. The number of esters is 1. The number of benzene rings is 1. The van der Waals surface area contributed by atoms with Crippen LogP contribution in [-0.2, 0) is 9.53 Å². The van der Waals surface area contributed by atoms with Crippen molar-refractivity contribution in [2.75, 3.05) is 0 Å². The minimum Gasteiger partial charge on any atom is -0.460 e. The molecule has 0 aliphatic heterocycles. The van der Waals surface area contributed by atoms with Gasteiger partial charge in [-0.15, -0.1) is 0 Å². The third-order valence-corrected chi connectivity index (χ3v) is 3.88. The van der Waals surface area contributed by atoms with Crippen LogP contribution in [-0.4, -0.2) is 11.6 Å². The number of rotatable bonds is 4. The smallest absolute Gasteiger partial charge is 0.306 e. The van der Waals surface area contributed by atoms with E-state index in [2.05, 4.69) is 22.0 Å². The fourth-order valence-corrected chi connectivity index (χ4v) is 2.37. The molecule has 0 saturated heterocycles. The van der Waals surface area contributed by atoms with Gasteiger partial charge in [0.05, 0.1) is 17.0 Å². The fraction of sp³-hybridized carbons (Fsp3) is 0.467. The molecule has 0 radical (unpaired) electrons. The van der Waals surface area contributed by atoms with Crippen molar-refractivity contribution in [3.8, 4) is 6.07 Å². The second-order valence-electron chi connectivity index (χ2n) is 5.45. The number of nitriles is 1. The third-order valence-electron chi connectivity index (χ3n) is 2.57. The lowest BCUT2D eigenvalue weighted by atomic mass is 9.95. The zero-order chi connectivity index (χ0) is 15.3. The summed E-state index contributed by atoms with van der Waals surface area (Å²) in [4.78, 5) is 11.7. The maximum atomic E-state index is 11.7. The summed E-state index contributed by atoms with van der Waals surface area (Å²) in [5.74, 6) is -0.726. The van der Waals surface area contributed by atoms with E-state index < -0.39 is 11.5 Å². The lowest BCUT2D eigenvalue weighted by Crippen LogP contribution is -2.24. The highest BCUT2D eigenvalue weighted by Gasteiger charge is 2.20. The van der Waals surface area contributed by atoms with Crippen molar-refractivity contribution in [1.82, 2.24) is 0 Å². The van der Waals surface area contributed by atoms with E-state index in [1.165, 1.54) is 0 Å². The molecule has 1 rings (SSSR count). The first kappa shape index (κ1) is 17.0. The van der Waals surface area contributed by atoms with Gasteiger partial charge in [0.25, 0.3) is 0 Å². The fourth-order valence-electron chi connectivity index (χ4n) is 1.73. The third kappa shape index (κ3) is 5.15. The largest absolute Gasteiger partial charge is 0.460 e. The number of nitrogens with zero attached hydrogens (tertiary/aromatic N) is 1. The van der Waals surface area contributed by atoms with Crippen LogP contribution in [0.4, 0.5) is 0 Å². The van der Waals surface area contributed by atoms with Crippen LogP contribution in [0.3, 0.4) is 0 Å². The van der Waals surface area contributed by atoms with Crippen LogP contribution in [0, 0.1) is 11.3 Å². The van der Waals surface area contributed by atoms with Gasteiger partial charge in [-0.1, -0.05) is 23.7 Å². The van der Waals surface area contributed by atoms with Gasteiger partial charge in [0.15, 0.2) is 0 Å². The molecule has 0 aromatic heterocycles. The molecule has 3 nitrogen and oxygen atoms in total. The van der Waals surface area contributed by atoms with Crippen molar-refractivity contribution in [3.05, 3.63) is 33.3 Å². The van der Waals surface area contributed by atoms with Gasteiger partial charge in [-0.3, -0.25) is 4.79 Å². The molecule has 1 atom stereocenters. The lowest BCUT2D eigenvalue weighted by molar-refractivity contribution is -0.154. The minimum atomic E-state index is -0.507. The summed E-state index contributed by atoms with van der Waals surface area (Å²) >= 11 is 9.50. The Balaban J connectivity index is 2.72. The molecule has 0 heterocycles. The molecule has 0 aliphatic carbocycles. The summed E-state index contributed by atoms with van der Waals surface area (Å²) in [6.45, 7) is 5.45. The highest BCUT2D eigenvalue weighted by Crippen LogP contribution is 2.33. The average Bonchev–Trinajstić information content (AvgIpc) is 2.32. The molecule has 0 bridgehead atoms. The van der Waals surface area contributed by atoms with Crippen LogP contribution in [0.15, 0.2) is 22.7 Å². The highest BCUT2D eigenvalue weighted by atomic mass is 79.9. The molecular formula is C15H17BrClNO2. The Labute approximate surface area is 133 Å². The van der Waals surface area contributed by atoms with Gasteiger partial charge < -0.3 is 4.74 Å². The summed E-state index contributed by atoms with van der Waals surface area (Å²) in [5.41, 5.74) is 0.221. The molecule has 1 aromatic rings. The Morgan fingerprint density at radius 2 is 2.15 bits per heavy atom. The predicted molar refractivity (Wildman–Crippen MR) is 82.6 cm³/mol. The maximum absolute atomic E-state index is 11.7. The summed E-state index contributed by atoms with van der Waals surface area (Å²) in [6.07, 6.45) is 0.583. The van der Waals surface area contributed by atoms with Crippen molar-refractivity contribution < 1.29 is 9.53 Å². The van der Waals surface area contributed by atoms with Gasteiger partial charge in [-0.2, -0.15) is 5.26 Å². The molecule has 0 fully saturated rings. The van der Waals surface area contributed by atoms with Crippen molar-refractivity contribution in [1.29, 1.82) is 5.26 Å². The normalized spacial score (nSPS) is 12.6. The Bertz CT molecular complexity index is 532. The number of carbonyl (C=O) groups is 1. The molecule has 108 valence electrons. The Kier molecular flexibility index (Phi) is 6.04. The summed E-state index contributed by atoms with van der Waals surface area (Å²) in [6, 6.07) is 7.63. The predicted octanol–water partition coefficient (Wildman–Crippen LogP) is 4.83. The van der Waals surface area contributed by atoms with Crippen LogP contribution in [0.2, 0.25) is 5.02 Å². The second-order valence-corrected chi connectivity index (χ2v) is 6.68. The summed E-state index contributed by atoms with van der Waals surface area (Å²) in [5, 5.41) is 9.78. The highest BCUT2D eigenvalue weighted by molar-refractivity contribution is 9.10. The Morgan fingerprint density at radius 3 is 2.70 bits per heavy atom. The van der Waals surface area contributed by atoms with E-state index in [4.69, 9.17) is 16.3 Å². The number of carbonyl (C=O) groups excluding carboxylic acids is 1. The average molecular weight is 359 g/mol. The first-order valence-corrected chi connectivity index (χ1v) is 7.47. The minimum absolute atomic E-state index is 0.193.